The van der Waals surface area contributed by atoms with Crippen LogP contribution in [0.1, 0.15) is 44.2 Å². The zero-order chi connectivity index (χ0) is 15.4. The topological polar surface area (TPSA) is 37.0 Å². The maximum absolute atomic E-state index is 4.72. The summed E-state index contributed by atoms with van der Waals surface area (Å²) in [6.07, 6.45) is 11.1. The molecule has 1 aliphatic heterocycles. The number of pyridine rings is 1. The van der Waals surface area contributed by atoms with Crippen molar-refractivity contribution >= 4 is 24.4 Å². The van der Waals surface area contributed by atoms with Crippen molar-refractivity contribution in [3.63, 3.8) is 0 Å². The Morgan fingerprint density at radius 1 is 1.41 bits per heavy atom. The van der Waals surface area contributed by atoms with Gasteiger partial charge in [-0.05, 0) is 47.8 Å². The molecule has 0 radical (unpaired) electrons. The minimum atomic E-state index is 0.695. The summed E-state index contributed by atoms with van der Waals surface area (Å²) in [5.74, 6) is 2.33. The molecule has 2 N–H and O–H groups in total. The molecule has 4 heteroatoms. The van der Waals surface area contributed by atoms with Crippen LogP contribution in [0.25, 0.3) is 16.2 Å². The summed E-state index contributed by atoms with van der Waals surface area (Å²) >= 11 is 0. The van der Waals surface area contributed by atoms with Crippen LogP contribution in [0.4, 0.5) is 0 Å². The van der Waals surface area contributed by atoms with E-state index in [4.69, 9.17) is 4.98 Å². The monoisotopic (exact) mass is 313 g/mol. The highest BCUT2D eigenvalue weighted by Crippen LogP contribution is 2.33. The van der Waals surface area contributed by atoms with Gasteiger partial charge >= 0.3 is 0 Å². The van der Waals surface area contributed by atoms with Gasteiger partial charge < -0.3 is 5.43 Å². The zero-order valence-corrected chi connectivity index (χ0v) is 14.4. The van der Waals surface area contributed by atoms with Crippen molar-refractivity contribution in [1.29, 1.82) is 0 Å². The van der Waals surface area contributed by atoms with Crippen LogP contribution in [0.3, 0.4) is 0 Å². The first-order valence-electron chi connectivity index (χ1n) is 8.13. The molecule has 0 spiro atoms. The van der Waals surface area contributed by atoms with Gasteiger partial charge in [0.15, 0.2) is 0 Å². The molecule has 2 aromatic rings. The van der Waals surface area contributed by atoms with Crippen molar-refractivity contribution in [2.24, 2.45) is 0 Å². The first kappa shape index (κ1) is 15.3. The number of nitrogens with one attached hydrogen (secondary N) is 2. The Labute approximate surface area is 134 Å². The molecule has 1 unspecified atom stereocenters. The number of hydrogen-bond donors (Lipinski definition) is 2. The Balaban J connectivity index is 1.91. The predicted octanol–water partition coefficient (Wildman–Crippen LogP) is 4.39. The van der Waals surface area contributed by atoms with Crippen molar-refractivity contribution in [2.75, 3.05) is 6.54 Å². The van der Waals surface area contributed by atoms with E-state index in [2.05, 4.69) is 55.0 Å². The first-order chi connectivity index (χ1) is 10.8. The normalized spacial score (nSPS) is 15.5. The third kappa shape index (κ3) is 3.26. The number of hydrazine groups is 1. The number of fused-ring (bicyclic) bond motifs is 1. The molecule has 2 aromatic heterocycles. The average molecular weight is 313 g/mol. The van der Waals surface area contributed by atoms with E-state index in [1.54, 1.807) is 5.57 Å². The lowest BCUT2D eigenvalue weighted by atomic mass is 9.99. The highest BCUT2D eigenvalue weighted by atomic mass is 31.0. The molecule has 3 heterocycles. The summed E-state index contributed by atoms with van der Waals surface area (Å²) in [5.41, 5.74) is 11.8. The van der Waals surface area contributed by atoms with E-state index >= 15 is 0 Å². The molecule has 0 fully saturated rings. The number of allylic oxidation sites excluding steroid dienone is 2. The molecule has 0 aromatic carbocycles. The van der Waals surface area contributed by atoms with Crippen LogP contribution in [0.5, 0.6) is 0 Å². The van der Waals surface area contributed by atoms with Gasteiger partial charge in [-0.15, -0.1) is 8.19 Å². The summed E-state index contributed by atoms with van der Waals surface area (Å²) in [6, 6.07) is 2.35. The molecule has 0 saturated heterocycles. The molecular formula is C18H24N3P. The molecule has 0 aliphatic carbocycles. The Morgan fingerprint density at radius 3 is 3.05 bits per heavy atom. The van der Waals surface area contributed by atoms with Crippen LogP contribution in [0.2, 0.25) is 0 Å². The fourth-order valence-electron chi connectivity index (χ4n) is 3.05. The number of hydrogen-bond acceptors (Lipinski definition) is 3. The minimum absolute atomic E-state index is 0.695. The van der Waals surface area contributed by atoms with E-state index in [0.29, 0.717) is 8.19 Å². The summed E-state index contributed by atoms with van der Waals surface area (Å²) in [4.78, 5) is 4.72. The summed E-state index contributed by atoms with van der Waals surface area (Å²) in [5, 5.41) is 2.57. The summed E-state index contributed by atoms with van der Waals surface area (Å²) in [6.45, 7) is 5.35. The Bertz CT molecular complexity index is 712. The second kappa shape index (κ2) is 7.13. The Morgan fingerprint density at radius 2 is 2.32 bits per heavy atom. The van der Waals surface area contributed by atoms with Gasteiger partial charge in [-0.3, -0.25) is 4.98 Å². The SMILES string of the molecule is CC/C=C(\CCC)Cc1cnc2[pH]cc(C3=CNNC3)c2c1. The largest absolute Gasteiger partial charge is 0.328 e. The average Bonchev–Trinajstić information content (AvgIpc) is 3.16. The number of aromatic nitrogens is 1. The second-order valence-corrected chi connectivity index (χ2v) is 6.86. The van der Waals surface area contributed by atoms with E-state index < -0.39 is 0 Å². The second-order valence-electron chi connectivity index (χ2n) is 5.81. The van der Waals surface area contributed by atoms with Crippen LogP contribution in [0.15, 0.2) is 35.9 Å². The lowest BCUT2D eigenvalue weighted by molar-refractivity contribution is 0.730. The van der Waals surface area contributed by atoms with Crippen LogP contribution in [0, 0.1) is 0 Å². The van der Waals surface area contributed by atoms with Gasteiger partial charge in [0.25, 0.3) is 0 Å². The predicted molar refractivity (Wildman–Crippen MR) is 97.3 cm³/mol. The van der Waals surface area contributed by atoms with Gasteiger partial charge in [-0.25, -0.2) is 5.43 Å². The summed E-state index contributed by atoms with van der Waals surface area (Å²) in [7, 11) is 0.695. The van der Waals surface area contributed by atoms with Crippen LogP contribution in [-0.4, -0.2) is 11.5 Å². The smallest absolute Gasteiger partial charge is 0.0864 e. The zero-order valence-electron chi connectivity index (χ0n) is 13.4. The first-order valence-corrected chi connectivity index (χ1v) is 9.21. The van der Waals surface area contributed by atoms with Crippen molar-refractivity contribution in [3.05, 3.63) is 47.0 Å². The van der Waals surface area contributed by atoms with Gasteiger partial charge in [0.05, 0.1) is 5.25 Å². The molecule has 3 rings (SSSR count). The van der Waals surface area contributed by atoms with E-state index in [1.165, 1.54) is 40.2 Å². The fraction of sp³-hybridized carbons (Fsp3) is 0.389. The molecule has 3 nitrogen and oxygen atoms in total. The van der Waals surface area contributed by atoms with Crippen LogP contribution in [-0.2, 0) is 6.42 Å². The lowest BCUT2D eigenvalue weighted by Crippen LogP contribution is -2.20. The molecule has 1 atom stereocenters. The van der Waals surface area contributed by atoms with Crippen molar-refractivity contribution in [1.82, 2.24) is 15.8 Å². The molecular weight excluding hydrogens is 289 g/mol. The van der Waals surface area contributed by atoms with Crippen molar-refractivity contribution < 1.29 is 0 Å². The van der Waals surface area contributed by atoms with Crippen LogP contribution >= 0.6 is 8.19 Å². The number of nitrogens with zero attached hydrogens (tertiary/aromatic N) is 1. The lowest BCUT2D eigenvalue weighted by Gasteiger charge is -2.07. The van der Waals surface area contributed by atoms with E-state index in [0.717, 1.165) is 19.4 Å². The summed E-state index contributed by atoms with van der Waals surface area (Å²) < 4.78 is 0. The van der Waals surface area contributed by atoms with Gasteiger partial charge in [-0.2, -0.15) is 0 Å². The van der Waals surface area contributed by atoms with E-state index in [1.807, 2.05) is 0 Å². The molecule has 116 valence electrons. The van der Waals surface area contributed by atoms with Gasteiger partial charge in [0, 0.05) is 24.3 Å². The Kier molecular flexibility index (Phi) is 4.97. The van der Waals surface area contributed by atoms with E-state index in [9.17, 15) is 0 Å². The van der Waals surface area contributed by atoms with Gasteiger partial charge in [-0.1, -0.05) is 31.9 Å². The minimum Gasteiger partial charge on any atom is -0.328 e. The van der Waals surface area contributed by atoms with Gasteiger partial charge in [0.1, 0.15) is 0 Å². The molecule has 22 heavy (non-hydrogen) atoms. The third-order valence-corrected chi connectivity index (χ3v) is 5.16. The highest BCUT2D eigenvalue weighted by molar-refractivity contribution is 7.36. The fourth-order valence-corrected chi connectivity index (χ4v) is 4.18. The molecule has 1 aliphatic rings. The standard InChI is InChI=1S/C18H24N3P/c1-3-5-13(6-4-2)7-14-8-16-17(15-10-20-21-11-15)12-22-18(16)19-9-14/h5,8-10,12,20-22H,3-4,6-7,11H2,1-2H3/b13-5+. The Hall–Kier alpha value is -1.57. The van der Waals surface area contributed by atoms with Crippen molar-refractivity contribution in [2.45, 2.75) is 39.5 Å². The molecule has 0 amide bonds. The quantitative estimate of drug-likeness (QED) is 0.776. The number of rotatable bonds is 6. The van der Waals surface area contributed by atoms with Crippen molar-refractivity contribution in [3.8, 4) is 0 Å². The van der Waals surface area contributed by atoms with Gasteiger partial charge in [0.2, 0.25) is 0 Å². The molecule has 0 bridgehead atoms. The highest BCUT2D eigenvalue weighted by Gasteiger charge is 2.12. The maximum Gasteiger partial charge on any atom is 0.0864 e. The maximum atomic E-state index is 4.72. The van der Waals surface area contributed by atoms with Crippen LogP contribution < -0.4 is 10.9 Å². The third-order valence-electron chi connectivity index (χ3n) is 4.06. The molecule has 0 saturated carbocycles. The van der Waals surface area contributed by atoms with E-state index in [-0.39, 0.29) is 0 Å².